The van der Waals surface area contributed by atoms with Gasteiger partial charge < -0.3 is 15.7 Å². The van der Waals surface area contributed by atoms with E-state index in [1.165, 1.54) is 5.56 Å². The zero-order valence-corrected chi connectivity index (χ0v) is 11.0. The number of aliphatic hydroxyl groups excluding tert-OH is 1. The number of aliphatic hydroxyl groups is 1. The van der Waals surface area contributed by atoms with Crippen LogP contribution in [0.25, 0.3) is 0 Å². The first-order chi connectivity index (χ1) is 8.00. The van der Waals surface area contributed by atoms with Crippen molar-refractivity contribution in [3.63, 3.8) is 0 Å². The van der Waals surface area contributed by atoms with Crippen LogP contribution in [0.3, 0.4) is 0 Å². The molecule has 17 heavy (non-hydrogen) atoms. The van der Waals surface area contributed by atoms with Gasteiger partial charge in [-0.1, -0.05) is 37.3 Å². The molecule has 1 rings (SSSR count). The van der Waals surface area contributed by atoms with E-state index < -0.39 is 0 Å². The molecular formula is C14H24N2O. The maximum Gasteiger partial charge on any atom is 0.0638 e. The largest absolute Gasteiger partial charge is 0.392 e. The van der Waals surface area contributed by atoms with Gasteiger partial charge in [-0.2, -0.15) is 0 Å². The number of benzene rings is 1. The lowest BCUT2D eigenvalue weighted by molar-refractivity contribution is 0.130. The first-order valence-electron chi connectivity index (χ1n) is 6.18. The number of rotatable bonds is 6. The van der Waals surface area contributed by atoms with Crippen molar-refractivity contribution < 1.29 is 5.11 Å². The molecule has 0 radical (unpaired) electrons. The molecule has 0 saturated heterocycles. The Balaban J connectivity index is 2.50. The lowest BCUT2D eigenvalue weighted by Gasteiger charge is -2.26. The van der Waals surface area contributed by atoms with Crippen molar-refractivity contribution in [2.24, 2.45) is 11.7 Å². The molecule has 3 heteroatoms. The highest BCUT2D eigenvalue weighted by atomic mass is 16.3. The molecule has 3 atom stereocenters. The van der Waals surface area contributed by atoms with E-state index in [1.54, 1.807) is 6.92 Å². The first kappa shape index (κ1) is 14.2. The molecule has 0 fully saturated rings. The van der Waals surface area contributed by atoms with Gasteiger partial charge in [0, 0.05) is 19.1 Å². The second kappa shape index (κ2) is 6.74. The zero-order valence-electron chi connectivity index (χ0n) is 11.0. The molecule has 0 spiro atoms. The predicted octanol–water partition coefficient (Wildman–Crippen LogP) is 1.64. The van der Waals surface area contributed by atoms with Crippen LogP contribution in [-0.2, 0) is 0 Å². The highest BCUT2D eigenvalue weighted by molar-refractivity contribution is 5.19. The SMILES string of the molecule is CC(O)CN(C)CC(C)C(N)c1ccccc1. The number of hydrogen-bond acceptors (Lipinski definition) is 3. The average Bonchev–Trinajstić information content (AvgIpc) is 2.28. The van der Waals surface area contributed by atoms with E-state index in [1.807, 2.05) is 25.2 Å². The Labute approximate surface area is 104 Å². The summed E-state index contributed by atoms with van der Waals surface area (Å²) < 4.78 is 0. The highest BCUT2D eigenvalue weighted by Crippen LogP contribution is 2.19. The summed E-state index contributed by atoms with van der Waals surface area (Å²) in [5.41, 5.74) is 7.40. The van der Waals surface area contributed by atoms with E-state index in [2.05, 4.69) is 24.0 Å². The summed E-state index contributed by atoms with van der Waals surface area (Å²) in [5.74, 6) is 0.362. The van der Waals surface area contributed by atoms with E-state index in [4.69, 9.17) is 5.73 Å². The monoisotopic (exact) mass is 236 g/mol. The second-order valence-corrected chi connectivity index (χ2v) is 4.98. The summed E-state index contributed by atoms with van der Waals surface area (Å²) in [7, 11) is 2.01. The third kappa shape index (κ3) is 4.86. The van der Waals surface area contributed by atoms with Crippen LogP contribution in [0.5, 0.6) is 0 Å². The lowest BCUT2D eigenvalue weighted by Crippen LogP contribution is -2.34. The second-order valence-electron chi connectivity index (χ2n) is 4.98. The summed E-state index contributed by atoms with van der Waals surface area (Å²) in [6.07, 6.45) is -0.292. The molecule has 1 aromatic carbocycles. The predicted molar refractivity (Wildman–Crippen MR) is 71.7 cm³/mol. The Morgan fingerprint density at radius 1 is 1.18 bits per heavy atom. The molecule has 3 N–H and O–H groups in total. The van der Waals surface area contributed by atoms with Crippen LogP contribution in [0, 0.1) is 5.92 Å². The van der Waals surface area contributed by atoms with E-state index in [9.17, 15) is 5.11 Å². The summed E-state index contributed by atoms with van der Waals surface area (Å²) in [5, 5.41) is 9.32. The van der Waals surface area contributed by atoms with Gasteiger partial charge in [0.05, 0.1) is 6.10 Å². The fraction of sp³-hybridized carbons (Fsp3) is 0.571. The molecule has 3 unspecified atom stereocenters. The third-order valence-electron chi connectivity index (χ3n) is 2.97. The van der Waals surface area contributed by atoms with Gasteiger partial charge in [-0.05, 0) is 25.5 Å². The Hall–Kier alpha value is -0.900. The summed E-state index contributed by atoms with van der Waals surface area (Å²) in [4.78, 5) is 2.12. The third-order valence-corrected chi connectivity index (χ3v) is 2.97. The molecule has 0 heterocycles. The van der Waals surface area contributed by atoms with Crippen LogP contribution in [0.4, 0.5) is 0 Å². The Morgan fingerprint density at radius 3 is 2.29 bits per heavy atom. The highest BCUT2D eigenvalue weighted by Gasteiger charge is 2.16. The minimum atomic E-state index is -0.292. The normalized spacial score (nSPS) is 16.8. The molecule has 1 aromatic rings. The van der Waals surface area contributed by atoms with Gasteiger partial charge in [0.2, 0.25) is 0 Å². The molecule has 3 nitrogen and oxygen atoms in total. The minimum absolute atomic E-state index is 0.0487. The number of nitrogens with two attached hydrogens (primary N) is 1. The lowest BCUT2D eigenvalue weighted by atomic mass is 9.95. The smallest absolute Gasteiger partial charge is 0.0638 e. The van der Waals surface area contributed by atoms with E-state index in [0.29, 0.717) is 12.5 Å². The molecule has 0 bridgehead atoms. The van der Waals surface area contributed by atoms with E-state index in [-0.39, 0.29) is 12.1 Å². The molecule has 0 saturated carbocycles. The van der Waals surface area contributed by atoms with Crippen LogP contribution in [0.2, 0.25) is 0 Å². The summed E-state index contributed by atoms with van der Waals surface area (Å²) >= 11 is 0. The zero-order chi connectivity index (χ0) is 12.8. The van der Waals surface area contributed by atoms with Gasteiger partial charge in [0.25, 0.3) is 0 Å². The molecule has 0 aliphatic heterocycles. The van der Waals surface area contributed by atoms with Crippen molar-refractivity contribution in [1.82, 2.24) is 4.90 Å². The van der Waals surface area contributed by atoms with Gasteiger partial charge in [-0.15, -0.1) is 0 Å². The van der Waals surface area contributed by atoms with Crippen LogP contribution < -0.4 is 5.73 Å². The van der Waals surface area contributed by atoms with Crippen LogP contribution >= 0.6 is 0 Å². The Bertz CT molecular complexity index is 313. The Kier molecular flexibility index (Phi) is 5.62. The molecule has 0 aliphatic carbocycles. The maximum atomic E-state index is 9.32. The van der Waals surface area contributed by atoms with Crippen LogP contribution in [0.15, 0.2) is 30.3 Å². The van der Waals surface area contributed by atoms with Crippen LogP contribution in [0.1, 0.15) is 25.5 Å². The summed E-state index contributed by atoms with van der Waals surface area (Å²) in [6.45, 7) is 5.53. The van der Waals surface area contributed by atoms with Crippen molar-refractivity contribution in [2.75, 3.05) is 20.1 Å². The molecular weight excluding hydrogens is 212 g/mol. The van der Waals surface area contributed by atoms with Crippen molar-refractivity contribution in [2.45, 2.75) is 26.0 Å². The van der Waals surface area contributed by atoms with Gasteiger partial charge in [-0.25, -0.2) is 0 Å². The van der Waals surface area contributed by atoms with E-state index >= 15 is 0 Å². The number of nitrogens with zero attached hydrogens (tertiary/aromatic N) is 1. The van der Waals surface area contributed by atoms with Crippen molar-refractivity contribution in [3.05, 3.63) is 35.9 Å². The topological polar surface area (TPSA) is 49.5 Å². The molecule has 0 aliphatic rings. The van der Waals surface area contributed by atoms with Crippen LogP contribution in [-0.4, -0.2) is 36.2 Å². The fourth-order valence-electron chi connectivity index (χ4n) is 2.13. The first-order valence-corrected chi connectivity index (χ1v) is 6.18. The van der Waals surface area contributed by atoms with Crippen molar-refractivity contribution >= 4 is 0 Å². The number of likely N-dealkylation sites (N-methyl/N-ethyl adjacent to an activating group) is 1. The quantitative estimate of drug-likeness (QED) is 0.789. The summed E-state index contributed by atoms with van der Waals surface area (Å²) in [6, 6.07) is 10.2. The molecule has 0 amide bonds. The van der Waals surface area contributed by atoms with E-state index in [0.717, 1.165) is 6.54 Å². The van der Waals surface area contributed by atoms with Gasteiger partial charge in [0.1, 0.15) is 0 Å². The van der Waals surface area contributed by atoms with Crippen molar-refractivity contribution in [3.8, 4) is 0 Å². The maximum absolute atomic E-state index is 9.32. The standard InChI is InChI=1S/C14H24N2O/c1-11(9-16(3)10-12(2)17)14(15)13-7-5-4-6-8-13/h4-8,11-12,14,17H,9-10,15H2,1-3H3. The molecule has 96 valence electrons. The van der Waals surface area contributed by atoms with Gasteiger partial charge >= 0.3 is 0 Å². The molecule has 0 aromatic heterocycles. The fourth-order valence-corrected chi connectivity index (χ4v) is 2.13. The van der Waals surface area contributed by atoms with Gasteiger partial charge in [-0.3, -0.25) is 0 Å². The average molecular weight is 236 g/mol. The van der Waals surface area contributed by atoms with Crippen molar-refractivity contribution in [1.29, 1.82) is 0 Å². The minimum Gasteiger partial charge on any atom is -0.392 e. The van der Waals surface area contributed by atoms with Gasteiger partial charge in [0.15, 0.2) is 0 Å². The Morgan fingerprint density at radius 2 is 1.76 bits per heavy atom. The number of hydrogen-bond donors (Lipinski definition) is 2.